The molecule has 1 heterocycles. The fourth-order valence-corrected chi connectivity index (χ4v) is 5.57. The molecule has 10 heteroatoms. The molecule has 2 N–H and O–H groups in total. The van der Waals surface area contributed by atoms with Gasteiger partial charge >= 0.3 is 16.6 Å². The average Bonchev–Trinajstić information content (AvgIpc) is 3.21. The van der Waals surface area contributed by atoms with Crippen LogP contribution in [-0.4, -0.2) is 52.2 Å². The van der Waals surface area contributed by atoms with Crippen molar-refractivity contribution in [1.82, 2.24) is 4.90 Å². The summed E-state index contributed by atoms with van der Waals surface area (Å²) in [6.45, 7) is 3.86. The third-order valence-corrected chi connectivity index (χ3v) is 7.41. The maximum Gasteiger partial charge on any atom is 0.488 e. The van der Waals surface area contributed by atoms with Crippen LogP contribution < -0.4 is 14.8 Å². The smallest absolute Gasteiger partial charge is 0.448 e. The quantitative estimate of drug-likeness (QED) is 0.483. The lowest BCUT2D eigenvalue weighted by Crippen LogP contribution is -2.49. The molecule has 0 unspecified atom stereocenters. The van der Waals surface area contributed by atoms with E-state index in [-0.39, 0.29) is 30.9 Å². The van der Waals surface area contributed by atoms with Gasteiger partial charge in [0.25, 0.3) is 0 Å². The van der Waals surface area contributed by atoms with E-state index >= 15 is 0 Å². The van der Waals surface area contributed by atoms with Crippen molar-refractivity contribution in [2.45, 2.75) is 19.4 Å². The molecule has 8 nitrogen and oxygen atoms in total. The summed E-state index contributed by atoms with van der Waals surface area (Å²) >= 11 is 0. The molecule has 1 aliphatic carbocycles. The molecule has 3 aromatic carbocycles. The largest absolute Gasteiger partial charge is 0.488 e. The third-order valence-electron chi connectivity index (χ3n) is 7.03. The number of nitrogens with zero attached hydrogens (tertiary/aromatic N) is 2. The highest BCUT2D eigenvalue weighted by Crippen LogP contribution is 2.44. The first kappa shape index (κ1) is 25.0. The first-order chi connectivity index (χ1) is 17.7. The summed E-state index contributed by atoms with van der Waals surface area (Å²) in [4.78, 5) is 16.6. The molecule has 1 aliphatic heterocycles. The molecule has 5 rings (SSSR count). The Morgan fingerprint density at radius 2 is 1.59 bits per heavy atom. The topological polar surface area (TPSA) is 102 Å². The molecule has 1 amide bonds. The van der Waals surface area contributed by atoms with Gasteiger partial charge in [-0.1, -0.05) is 52.4 Å². The molecule has 0 aromatic heterocycles. The van der Waals surface area contributed by atoms with Crippen LogP contribution in [0.3, 0.4) is 0 Å². The van der Waals surface area contributed by atoms with Crippen molar-refractivity contribution in [1.29, 1.82) is 0 Å². The van der Waals surface area contributed by atoms with E-state index in [0.29, 0.717) is 43.0 Å². The fourth-order valence-electron chi connectivity index (χ4n) is 5.18. The second kappa shape index (κ2) is 10.0. The number of carbonyl (C=O) groups excluding carboxylic acids is 1. The Hall–Kier alpha value is -3.63. The van der Waals surface area contributed by atoms with E-state index < -0.39 is 10.5 Å². The van der Waals surface area contributed by atoms with Crippen LogP contribution in [0, 0.1) is 6.92 Å². The van der Waals surface area contributed by atoms with Gasteiger partial charge in [0.05, 0.1) is 0 Å². The van der Waals surface area contributed by atoms with Crippen molar-refractivity contribution in [3.8, 4) is 16.9 Å². The summed E-state index contributed by atoms with van der Waals surface area (Å²) in [5.41, 5.74) is 12.2. The highest BCUT2D eigenvalue weighted by molar-refractivity contribution is 7.81. The van der Waals surface area contributed by atoms with Crippen LogP contribution in [0.2, 0.25) is 0 Å². The second-order valence-corrected chi connectivity index (χ2v) is 10.1. The zero-order chi connectivity index (χ0) is 26.2. The SMILES string of the molecule is Cc1c(OS(=O)(=O)F)cc(CN)cc1N1CCN(C(=O)OCC2c3ccccc3-c3ccccc32)CC1. The average molecular weight is 526 g/mol. The van der Waals surface area contributed by atoms with Crippen LogP contribution in [0.25, 0.3) is 11.1 Å². The lowest BCUT2D eigenvalue weighted by molar-refractivity contribution is 0.0976. The lowest BCUT2D eigenvalue weighted by atomic mass is 9.98. The Labute approximate surface area is 215 Å². The van der Waals surface area contributed by atoms with E-state index in [1.807, 2.05) is 35.2 Å². The Balaban J connectivity index is 1.24. The summed E-state index contributed by atoms with van der Waals surface area (Å²) in [7, 11) is -5.17. The Kier molecular flexibility index (Phi) is 6.78. The van der Waals surface area contributed by atoms with Crippen molar-refractivity contribution < 1.29 is 26.0 Å². The zero-order valence-corrected chi connectivity index (χ0v) is 21.2. The molecule has 0 atom stereocenters. The van der Waals surface area contributed by atoms with Gasteiger partial charge < -0.3 is 24.5 Å². The summed E-state index contributed by atoms with van der Waals surface area (Å²) in [5, 5.41) is 0. The van der Waals surface area contributed by atoms with Gasteiger partial charge in [0.1, 0.15) is 6.61 Å². The minimum Gasteiger partial charge on any atom is -0.448 e. The standard InChI is InChI=1S/C27H28FN3O5S/c1-18-25(14-19(16-29)15-26(18)36-37(28,33)34)30-10-12-31(13-11-30)27(32)35-17-24-22-8-4-2-6-20(22)21-7-3-5-9-23(21)24/h2-9,14-15,24H,10-13,16-17,29H2,1H3. The van der Waals surface area contributed by atoms with Gasteiger partial charge in [0.15, 0.2) is 5.75 Å². The molecule has 1 fully saturated rings. The second-order valence-electron chi connectivity index (χ2n) is 9.20. The summed E-state index contributed by atoms with van der Waals surface area (Å²) < 4.78 is 45.6. The number of nitrogens with two attached hydrogens (primary N) is 1. The number of fused-ring (bicyclic) bond motifs is 3. The summed E-state index contributed by atoms with van der Waals surface area (Å²) in [6.07, 6.45) is -0.374. The first-order valence-corrected chi connectivity index (χ1v) is 13.4. The predicted octanol–water partition coefficient (Wildman–Crippen LogP) is 4.12. The summed E-state index contributed by atoms with van der Waals surface area (Å²) in [5.74, 6) is -0.107. The van der Waals surface area contributed by atoms with Gasteiger partial charge in [-0.05, 0) is 46.9 Å². The van der Waals surface area contributed by atoms with Crippen LogP contribution in [-0.2, 0) is 21.8 Å². The molecule has 3 aromatic rings. The molecule has 194 valence electrons. The van der Waals surface area contributed by atoms with Crippen LogP contribution in [0.4, 0.5) is 14.4 Å². The molecule has 0 spiro atoms. The van der Waals surface area contributed by atoms with E-state index in [2.05, 4.69) is 28.4 Å². The highest BCUT2D eigenvalue weighted by Gasteiger charge is 2.31. The molecule has 1 saturated heterocycles. The van der Waals surface area contributed by atoms with Gasteiger partial charge in [-0.15, -0.1) is 0 Å². The van der Waals surface area contributed by atoms with Crippen molar-refractivity contribution >= 4 is 22.3 Å². The monoisotopic (exact) mass is 525 g/mol. The van der Waals surface area contributed by atoms with Crippen LogP contribution in [0.15, 0.2) is 60.7 Å². The van der Waals surface area contributed by atoms with Crippen molar-refractivity contribution in [2.75, 3.05) is 37.7 Å². The van der Waals surface area contributed by atoms with Gasteiger partial charge in [-0.3, -0.25) is 0 Å². The van der Waals surface area contributed by atoms with Crippen LogP contribution in [0.5, 0.6) is 5.75 Å². The number of hydrogen-bond donors (Lipinski definition) is 1. The van der Waals surface area contributed by atoms with E-state index in [9.17, 15) is 17.1 Å². The number of hydrogen-bond acceptors (Lipinski definition) is 7. The van der Waals surface area contributed by atoms with Gasteiger partial charge in [-0.2, -0.15) is 8.42 Å². The molecule has 0 saturated carbocycles. The zero-order valence-electron chi connectivity index (χ0n) is 20.4. The van der Waals surface area contributed by atoms with E-state index in [0.717, 1.165) is 11.1 Å². The molecular weight excluding hydrogens is 497 g/mol. The number of halogens is 1. The molecule has 0 radical (unpaired) electrons. The maximum atomic E-state index is 13.2. The van der Waals surface area contributed by atoms with Gasteiger partial charge in [-0.25, -0.2) is 4.79 Å². The molecule has 2 aliphatic rings. The number of piperazine rings is 1. The van der Waals surface area contributed by atoms with Crippen molar-refractivity contribution in [2.24, 2.45) is 5.73 Å². The first-order valence-electron chi connectivity index (χ1n) is 12.1. The normalized spacial score (nSPS) is 15.3. The molecular formula is C27H28FN3O5S. The number of rotatable bonds is 6. The Morgan fingerprint density at radius 1 is 1.00 bits per heavy atom. The van der Waals surface area contributed by atoms with E-state index in [1.165, 1.54) is 17.2 Å². The van der Waals surface area contributed by atoms with Gasteiger partial charge in [0, 0.05) is 49.9 Å². The Bertz CT molecular complexity index is 1390. The number of ether oxygens (including phenoxy) is 1. The minimum atomic E-state index is -5.17. The number of carbonyl (C=O) groups is 1. The molecule has 0 bridgehead atoms. The lowest BCUT2D eigenvalue weighted by Gasteiger charge is -2.36. The fraction of sp³-hybridized carbons (Fsp3) is 0.296. The predicted molar refractivity (Wildman–Crippen MR) is 139 cm³/mol. The number of benzene rings is 3. The van der Waals surface area contributed by atoms with Gasteiger partial charge in [0.2, 0.25) is 0 Å². The molecule has 37 heavy (non-hydrogen) atoms. The van der Waals surface area contributed by atoms with E-state index in [4.69, 9.17) is 10.5 Å². The van der Waals surface area contributed by atoms with Crippen LogP contribution >= 0.6 is 0 Å². The number of anilines is 1. The summed E-state index contributed by atoms with van der Waals surface area (Å²) in [6, 6.07) is 19.6. The third kappa shape index (κ3) is 5.12. The van der Waals surface area contributed by atoms with Crippen molar-refractivity contribution in [3.63, 3.8) is 0 Å². The Morgan fingerprint density at radius 3 is 2.16 bits per heavy atom. The van der Waals surface area contributed by atoms with Crippen LogP contribution in [0.1, 0.15) is 28.2 Å². The maximum absolute atomic E-state index is 13.2. The van der Waals surface area contributed by atoms with E-state index in [1.54, 1.807) is 11.8 Å². The van der Waals surface area contributed by atoms with Crippen molar-refractivity contribution in [3.05, 3.63) is 82.9 Å². The minimum absolute atomic E-state index is 0.00973. The highest BCUT2D eigenvalue weighted by atomic mass is 32.3. The number of amides is 1.